The zero-order valence-electron chi connectivity index (χ0n) is 16.1. The van der Waals surface area contributed by atoms with E-state index in [1.165, 1.54) is 0 Å². The molecular formula is C20H26N2O3. The van der Waals surface area contributed by atoms with E-state index in [0.717, 1.165) is 51.6 Å². The molecule has 1 aromatic carbocycles. The summed E-state index contributed by atoms with van der Waals surface area (Å²) in [5.41, 5.74) is 5.69. The number of rotatable bonds is 6. The summed E-state index contributed by atoms with van der Waals surface area (Å²) < 4.78 is 11.5. The maximum Gasteiger partial charge on any atom is 0.223 e. The highest BCUT2D eigenvalue weighted by Crippen LogP contribution is 2.34. The fourth-order valence-corrected chi connectivity index (χ4v) is 2.81. The lowest BCUT2D eigenvalue weighted by molar-refractivity contribution is 0.213. The van der Waals surface area contributed by atoms with Gasteiger partial charge in [0.2, 0.25) is 5.88 Å². The Kier molecular flexibility index (Phi) is 6.02. The van der Waals surface area contributed by atoms with E-state index in [0.29, 0.717) is 5.88 Å². The summed E-state index contributed by atoms with van der Waals surface area (Å²) in [7, 11) is 3.22. The maximum atomic E-state index is 6.20. The van der Waals surface area contributed by atoms with Crippen LogP contribution < -0.4 is 9.47 Å². The minimum Gasteiger partial charge on any atom is -0.497 e. The number of pyridine rings is 1. The van der Waals surface area contributed by atoms with Gasteiger partial charge in [0.15, 0.2) is 0 Å². The van der Waals surface area contributed by atoms with Crippen molar-refractivity contribution >= 4 is 5.71 Å². The first-order valence-corrected chi connectivity index (χ1v) is 8.32. The van der Waals surface area contributed by atoms with Gasteiger partial charge in [-0.1, -0.05) is 12.1 Å². The van der Waals surface area contributed by atoms with E-state index in [1.807, 2.05) is 52.8 Å². The monoisotopic (exact) mass is 342 g/mol. The number of nitrogens with zero attached hydrogens (tertiary/aromatic N) is 2. The van der Waals surface area contributed by atoms with Crippen LogP contribution in [0.1, 0.15) is 41.3 Å². The molecule has 0 aliphatic rings. The van der Waals surface area contributed by atoms with Gasteiger partial charge >= 0.3 is 0 Å². The molecule has 0 bridgehead atoms. The van der Waals surface area contributed by atoms with Crippen LogP contribution in [-0.4, -0.2) is 24.9 Å². The summed E-state index contributed by atoms with van der Waals surface area (Å²) in [6, 6.07) is 5.92. The summed E-state index contributed by atoms with van der Waals surface area (Å²) in [4.78, 5) is 9.56. The third-order valence-corrected chi connectivity index (χ3v) is 4.07. The lowest BCUT2D eigenvalue weighted by Gasteiger charge is -2.17. The second-order valence-corrected chi connectivity index (χ2v) is 6.01. The van der Waals surface area contributed by atoms with Gasteiger partial charge in [0.25, 0.3) is 0 Å². The van der Waals surface area contributed by atoms with Gasteiger partial charge in [0.1, 0.15) is 18.6 Å². The van der Waals surface area contributed by atoms with E-state index in [-0.39, 0.29) is 0 Å². The van der Waals surface area contributed by atoms with Crippen LogP contribution in [-0.2, 0) is 4.84 Å². The van der Waals surface area contributed by atoms with Crippen molar-refractivity contribution in [2.24, 2.45) is 5.16 Å². The predicted molar refractivity (Wildman–Crippen MR) is 100 cm³/mol. The van der Waals surface area contributed by atoms with Crippen LogP contribution >= 0.6 is 0 Å². The number of aromatic nitrogens is 1. The number of aryl methyl sites for hydroxylation is 3. The molecule has 134 valence electrons. The number of ether oxygens (including phenoxy) is 2. The molecule has 0 fully saturated rings. The van der Waals surface area contributed by atoms with Crippen molar-refractivity contribution in [3.63, 3.8) is 0 Å². The maximum absolute atomic E-state index is 6.20. The molecule has 0 unspecified atom stereocenters. The highest BCUT2D eigenvalue weighted by Gasteiger charge is 2.16. The third-order valence-electron chi connectivity index (χ3n) is 4.07. The van der Waals surface area contributed by atoms with Crippen LogP contribution in [0.15, 0.2) is 23.4 Å². The van der Waals surface area contributed by atoms with Crippen LogP contribution in [0.2, 0.25) is 0 Å². The van der Waals surface area contributed by atoms with Crippen LogP contribution in [0.4, 0.5) is 0 Å². The van der Waals surface area contributed by atoms with Gasteiger partial charge in [-0.05, 0) is 63.4 Å². The van der Waals surface area contributed by atoms with Gasteiger partial charge < -0.3 is 14.3 Å². The molecule has 0 amide bonds. The second kappa shape index (κ2) is 8.01. The first-order chi connectivity index (χ1) is 11.9. The predicted octanol–water partition coefficient (Wildman–Crippen LogP) is 4.88. The molecule has 2 aromatic rings. The van der Waals surface area contributed by atoms with Crippen molar-refractivity contribution in [3.05, 3.63) is 46.1 Å². The number of oxime groups is 1. The largest absolute Gasteiger partial charge is 0.497 e. The molecule has 0 spiro atoms. The third kappa shape index (κ3) is 4.10. The molecule has 1 aromatic heterocycles. The zero-order chi connectivity index (χ0) is 18.6. The fraction of sp³-hybridized carbons (Fsp3) is 0.400. The van der Waals surface area contributed by atoms with Crippen molar-refractivity contribution in [1.82, 2.24) is 4.98 Å². The number of benzene rings is 1. The van der Waals surface area contributed by atoms with Crippen LogP contribution in [0, 0.1) is 27.7 Å². The molecule has 0 saturated heterocycles. The Labute approximate surface area is 149 Å². The molecule has 0 aliphatic carbocycles. The molecular weight excluding hydrogens is 316 g/mol. The highest BCUT2D eigenvalue weighted by molar-refractivity contribution is 6.01. The molecule has 25 heavy (non-hydrogen) atoms. The van der Waals surface area contributed by atoms with Crippen molar-refractivity contribution in [2.75, 3.05) is 14.2 Å². The molecule has 1 heterocycles. The Balaban J connectivity index is 2.51. The summed E-state index contributed by atoms with van der Waals surface area (Å²) >= 11 is 0. The number of methoxy groups -OCH3 is 1. The summed E-state index contributed by atoms with van der Waals surface area (Å²) in [5.74, 6) is 2.20. The minimum atomic E-state index is 0.587. The van der Waals surface area contributed by atoms with Crippen molar-refractivity contribution in [3.8, 4) is 17.4 Å². The summed E-state index contributed by atoms with van der Waals surface area (Å²) in [5, 5.41) is 4.14. The van der Waals surface area contributed by atoms with E-state index < -0.39 is 0 Å². The van der Waals surface area contributed by atoms with Gasteiger partial charge in [0, 0.05) is 16.8 Å². The second-order valence-electron chi connectivity index (χ2n) is 6.01. The number of hydrogen-bond acceptors (Lipinski definition) is 5. The van der Waals surface area contributed by atoms with E-state index in [1.54, 1.807) is 14.2 Å². The standard InChI is InChI=1S/C20H26N2O3/c1-8-18(22-24-7)17-11-14(4)21-20(15(17)5)25-19-12(2)9-16(23-6)10-13(19)3/h9-11H,8H2,1-7H3/b22-18-. The molecule has 0 N–H and O–H groups in total. The molecule has 0 aliphatic heterocycles. The van der Waals surface area contributed by atoms with Gasteiger partial charge in [-0.15, -0.1) is 0 Å². The zero-order valence-corrected chi connectivity index (χ0v) is 16.1. The van der Waals surface area contributed by atoms with Crippen molar-refractivity contribution in [1.29, 1.82) is 0 Å². The fourth-order valence-electron chi connectivity index (χ4n) is 2.81. The highest BCUT2D eigenvalue weighted by atomic mass is 16.6. The van der Waals surface area contributed by atoms with Crippen molar-refractivity contribution in [2.45, 2.75) is 41.0 Å². The molecule has 5 nitrogen and oxygen atoms in total. The van der Waals surface area contributed by atoms with E-state index in [4.69, 9.17) is 14.3 Å². The van der Waals surface area contributed by atoms with E-state index in [2.05, 4.69) is 10.1 Å². The SMILES string of the molecule is CC/C(=N/OC)c1cc(C)nc(Oc2c(C)cc(OC)cc2C)c1C. The smallest absolute Gasteiger partial charge is 0.223 e. The van der Waals surface area contributed by atoms with E-state index in [9.17, 15) is 0 Å². The van der Waals surface area contributed by atoms with Gasteiger partial charge in [-0.3, -0.25) is 0 Å². The molecule has 0 atom stereocenters. The average Bonchev–Trinajstić information content (AvgIpc) is 2.58. The van der Waals surface area contributed by atoms with Gasteiger partial charge in [0.05, 0.1) is 12.8 Å². The Morgan fingerprint density at radius 1 is 1.04 bits per heavy atom. The average molecular weight is 342 g/mol. The van der Waals surface area contributed by atoms with Gasteiger partial charge in [-0.25, -0.2) is 4.98 Å². The quantitative estimate of drug-likeness (QED) is 0.555. The Hall–Kier alpha value is -2.56. The first kappa shape index (κ1) is 18.8. The lowest BCUT2D eigenvalue weighted by Crippen LogP contribution is -2.07. The molecule has 0 radical (unpaired) electrons. The Morgan fingerprint density at radius 3 is 2.20 bits per heavy atom. The van der Waals surface area contributed by atoms with Crippen LogP contribution in [0.5, 0.6) is 17.4 Å². The van der Waals surface area contributed by atoms with Crippen LogP contribution in [0.25, 0.3) is 0 Å². The lowest BCUT2D eigenvalue weighted by atomic mass is 10.0. The normalized spacial score (nSPS) is 11.4. The first-order valence-electron chi connectivity index (χ1n) is 8.32. The summed E-state index contributed by atoms with van der Waals surface area (Å²) in [6.07, 6.45) is 0.762. The molecule has 2 rings (SSSR count). The van der Waals surface area contributed by atoms with Crippen LogP contribution in [0.3, 0.4) is 0 Å². The Morgan fingerprint density at radius 2 is 1.68 bits per heavy atom. The van der Waals surface area contributed by atoms with E-state index >= 15 is 0 Å². The minimum absolute atomic E-state index is 0.587. The van der Waals surface area contributed by atoms with Gasteiger partial charge in [-0.2, -0.15) is 0 Å². The topological polar surface area (TPSA) is 52.9 Å². The Bertz CT molecular complexity index is 775. The summed E-state index contributed by atoms with van der Waals surface area (Å²) in [6.45, 7) is 9.99. The number of hydrogen-bond donors (Lipinski definition) is 0. The van der Waals surface area contributed by atoms with Crippen molar-refractivity contribution < 1.29 is 14.3 Å². The molecule has 5 heteroatoms. The molecule has 0 saturated carbocycles.